The second-order valence-electron chi connectivity index (χ2n) is 6.70. The van der Waals surface area contributed by atoms with Crippen molar-refractivity contribution in [3.05, 3.63) is 17.0 Å². The molecule has 0 bridgehead atoms. The molecule has 1 aliphatic carbocycles. The first-order valence-corrected chi connectivity index (χ1v) is 7.06. The summed E-state index contributed by atoms with van der Waals surface area (Å²) in [6.07, 6.45) is 3.92. The number of nitrogens with zero attached hydrogens (tertiary/aromatic N) is 2. The van der Waals surface area contributed by atoms with E-state index in [1.165, 1.54) is 30.5 Å². The summed E-state index contributed by atoms with van der Waals surface area (Å²) >= 11 is 0. The molecule has 1 fully saturated rings. The van der Waals surface area contributed by atoms with Crippen LogP contribution in [0.5, 0.6) is 0 Å². The van der Waals surface area contributed by atoms with Crippen molar-refractivity contribution in [2.45, 2.75) is 66.0 Å². The highest BCUT2D eigenvalue weighted by atomic mass is 15.3. The van der Waals surface area contributed by atoms with Gasteiger partial charge in [0.15, 0.2) is 0 Å². The molecule has 0 aromatic carbocycles. The number of hydrogen-bond acceptors (Lipinski definition) is 2. The lowest BCUT2D eigenvalue weighted by Gasteiger charge is -2.22. The standard InChI is InChI=1S/C15H27N3/c1-10(14-11(2)17-18(6)12(14)3)16-13-7-8-15(4,5)9-13/h10,13,16H,7-9H2,1-6H3. The van der Waals surface area contributed by atoms with Gasteiger partial charge in [-0.3, -0.25) is 4.68 Å². The van der Waals surface area contributed by atoms with Gasteiger partial charge < -0.3 is 5.32 Å². The lowest BCUT2D eigenvalue weighted by atomic mass is 9.91. The number of aryl methyl sites for hydroxylation is 2. The molecule has 1 aromatic rings. The molecule has 1 aliphatic rings. The summed E-state index contributed by atoms with van der Waals surface area (Å²) in [5.74, 6) is 0. The van der Waals surface area contributed by atoms with E-state index in [2.05, 4.69) is 45.0 Å². The van der Waals surface area contributed by atoms with Crippen LogP contribution in [0.3, 0.4) is 0 Å². The smallest absolute Gasteiger partial charge is 0.0644 e. The summed E-state index contributed by atoms with van der Waals surface area (Å²) in [5, 5.41) is 8.30. The average Bonchev–Trinajstić information content (AvgIpc) is 2.68. The van der Waals surface area contributed by atoms with Gasteiger partial charge in [-0.1, -0.05) is 13.8 Å². The second kappa shape index (κ2) is 4.69. The van der Waals surface area contributed by atoms with Crippen LogP contribution >= 0.6 is 0 Å². The fourth-order valence-corrected chi connectivity index (χ4v) is 3.43. The Morgan fingerprint density at radius 2 is 2.06 bits per heavy atom. The SMILES string of the molecule is Cc1nn(C)c(C)c1C(C)NC1CCC(C)(C)C1. The van der Waals surface area contributed by atoms with Gasteiger partial charge in [0.25, 0.3) is 0 Å². The van der Waals surface area contributed by atoms with Crippen molar-refractivity contribution in [3.63, 3.8) is 0 Å². The van der Waals surface area contributed by atoms with Gasteiger partial charge in [0.2, 0.25) is 0 Å². The zero-order valence-corrected chi connectivity index (χ0v) is 12.7. The molecular weight excluding hydrogens is 222 g/mol. The molecule has 2 unspecified atom stereocenters. The Morgan fingerprint density at radius 1 is 1.39 bits per heavy atom. The van der Waals surface area contributed by atoms with Crippen molar-refractivity contribution in [3.8, 4) is 0 Å². The summed E-state index contributed by atoms with van der Waals surface area (Å²) < 4.78 is 1.99. The Bertz CT molecular complexity index is 431. The second-order valence-corrected chi connectivity index (χ2v) is 6.70. The fourth-order valence-electron chi connectivity index (χ4n) is 3.43. The first kappa shape index (κ1) is 13.6. The Hall–Kier alpha value is -0.830. The van der Waals surface area contributed by atoms with Gasteiger partial charge in [0, 0.05) is 30.4 Å². The average molecular weight is 249 g/mol. The molecule has 3 nitrogen and oxygen atoms in total. The predicted octanol–water partition coefficient (Wildman–Crippen LogP) is 3.27. The highest BCUT2D eigenvalue weighted by Gasteiger charge is 2.32. The maximum atomic E-state index is 4.51. The maximum Gasteiger partial charge on any atom is 0.0644 e. The third kappa shape index (κ3) is 2.61. The zero-order chi connectivity index (χ0) is 13.5. The summed E-state index contributed by atoms with van der Waals surface area (Å²) in [6.45, 7) is 11.3. The zero-order valence-electron chi connectivity index (χ0n) is 12.7. The molecule has 0 saturated heterocycles. The van der Waals surface area contributed by atoms with Gasteiger partial charge in [-0.15, -0.1) is 0 Å². The van der Waals surface area contributed by atoms with E-state index in [9.17, 15) is 0 Å². The van der Waals surface area contributed by atoms with Crippen LogP contribution in [0.2, 0.25) is 0 Å². The molecule has 102 valence electrons. The molecule has 18 heavy (non-hydrogen) atoms. The van der Waals surface area contributed by atoms with Crippen molar-refractivity contribution in [2.75, 3.05) is 0 Å². The first-order valence-electron chi connectivity index (χ1n) is 7.06. The predicted molar refractivity (Wildman–Crippen MR) is 75.7 cm³/mol. The van der Waals surface area contributed by atoms with Crippen molar-refractivity contribution >= 4 is 0 Å². The molecular formula is C15H27N3. The van der Waals surface area contributed by atoms with E-state index in [1.54, 1.807) is 0 Å². The summed E-state index contributed by atoms with van der Waals surface area (Å²) in [5.41, 5.74) is 4.33. The highest BCUT2D eigenvalue weighted by Crippen LogP contribution is 2.38. The molecule has 1 N–H and O–H groups in total. The minimum Gasteiger partial charge on any atom is -0.307 e. The van der Waals surface area contributed by atoms with Crippen LogP contribution < -0.4 is 5.32 Å². The Morgan fingerprint density at radius 3 is 2.50 bits per heavy atom. The van der Waals surface area contributed by atoms with Crippen molar-refractivity contribution in [1.82, 2.24) is 15.1 Å². The topological polar surface area (TPSA) is 29.9 Å². The molecule has 1 saturated carbocycles. The van der Waals surface area contributed by atoms with E-state index in [1.807, 2.05) is 11.7 Å². The van der Waals surface area contributed by atoms with Crippen LogP contribution in [-0.4, -0.2) is 15.8 Å². The molecule has 1 aromatic heterocycles. The number of hydrogen-bond donors (Lipinski definition) is 1. The van der Waals surface area contributed by atoms with Crippen LogP contribution in [-0.2, 0) is 7.05 Å². The fraction of sp³-hybridized carbons (Fsp3) is 0.800. The van der Waals surface area contributed by atoms with Gasteiger partial charge in [-0.05, 0) is 45.4 Å². The number of rotatable bonds is 3. The summed E-state index contributed by atoms with van der Waals surface area (Å²) in [4.78, 5) is 0. The third-order valence-electron chi connectivity index (χ3n) is 4.45. The quantitative estimate of drug-likeness (QED) is 0.891. The van der Waals surface area contributed by atoms with E-state index in [0.29, 0.717) is 17.5 Å². The van der Waals surface area contributed by atoms with Crippen LogP contribution in [0.25, 0.3) is 0 Å². The highest BCUT2D eigenvalue weighted by molar-refractivity contribution is 5.27. The lowest BCUT2D eigenvalue weighted by molar-refractivity contribution is 0.356. The minimum atomic E-state index is 0.401. The molecule has 0 aliphatic heterocycles. The van der Waals surface area contributed by atoms with E-state index >= 15 is 0 Å². The van der Waals surface area contributed by atoms with Gasteiger partial charge in [0.1, 0.15) is 0 Å². The molecule has 0 spiro atoms. The Balaban J connectivity index is 2.06. The molecule has 2 rings (SSSR count). The first-order chi connectivity index (χ1) is 8.30. The van der Waals surface area contributed by atoms with Crippen molar-refractivity contribution in [1.29, 1.82) is 0 Å². The van der Waals surface area contributed by atoms with E-state index in [-0.39, 0.29) is 0 Å². The van der Waals surface area contributed by atoms with Gasteiger partial charge in [0.05, 0.1) is 5.69 Å². The third-order valence-corrected chi connectivity index (χ3v) is 4.45. The summed E-state index contributed by atoms with van der Waals surface area (Å²) in [6, 6.07) is 1.06. The molecule has 2 atom stereocenters. The van der Waals surface area contributed by atoms with E-state index in [0.717, 1.165) is 5.69 Å². The Kier molecular flexibility index (Phi) is 3.54. The van der Waals surface area contributed by atoms with E-state index in [4.69, 9.17) is 0 Å². The number of aromatic nitrogens is 2. The van der Waals surface area contributed by atoms with Crippen molar-refractivity contribution in [2.24, 2.45) is 12.5 Å². The molecule has 3 heteroatoms. The summed E-state index contributed by atoms with van der Waals surface area (Å²) in [7, 11) is 2.03. The van der Waals surface area contributed by atoms with Crippen LogP contribution in [0.15, 0.2) is 0 Å². The Labute approximate surface area is 111 Å². The largest absolute Gasteiger partial charge is 0.307 e. The molecule has 0 amide bonds. The van der Waals surface area contributed by atoms with Gasteiger partial charge in [-0.2, -0.15) is 5.10 Å². The lowest BCUT2D eigenvalue weighted by Crippen LogP contribution is -2.30. The van der Waals surface area contributed by atoms with Crippen LogP contribution in [0, 0.1) is 19.3 Å². The van der Waals surface area contributed by atoms with Crippen LogP contribution in [0.1, 0.15) is 63.0 Å². The molecule has 1 heterocycles. The maximum absolute atomic E-state index is 4.51. The van der Waals surface area contributed by atoms with Crippen molar-refractivity contribution < 1.29 is 0 Å². The normalized spacial score (nSPS) is 24.4. The van der Waals surface area contributed by atoms with E-state index < -0.39 is 0 Å². The van der Waals surface area contributed by atoms with Crippen LogP contribution in [0.4, 0.5) is 0 Å². The number of nitrogens with one attached hydrogen (secondary N) is 1. The monoisotopic (exact) mass is 249 g/mol. The molecule has 0 radical (unpaired) electrons. The minimum absolute atomic E-state index is 0.401. The van der Waals surface area contributed by atoms with Gasteiger partial charge >= 0.3 is 0 Å². The van der Waals surface area contributed by atoms with Gasteiger partial charge in [-0.25, -0.2) is 0 Å².